The van der Waals surface area contributed by atoms with Crippen molar-refractivity contribution in [1.29, 1.82) is 0 Å². The van der Waals surface area contributed by atoms with Crippen LogP contribution in [0.4, 0.5) is 5.82 Å². The Hall–Kier alpha value is -1.68. The third-order valence-corrected chi connectivity index (χ3v) is 3.10. The number of nitrogen functional groups attached to an aromatic ring is 1. The molecule has 1 aliphatic heterocycles. The van der Waals surface area contributed by atoms with Crippen molar-refractivity contribution in [3.63, 3.8) is 0 Å². The number of aromatic nitrogens is 2. The number of ether oxygens (including phenoxy) is 2. The molecule has 0 aliphatic carbocycles. The van der Waals surface area contributed by atoms with Gasteiger partial charge in [0.1, 0.15) is 24.1 Å². The zero-order valence-corrected chi connectivity index (χ0v) is 10.3. The zero-order valence-electron chi connectivity index (χ0n) is 10.3. The highest BCUT2D eigenvalue weighted by atomic mass is 16.6. The summed E-state index contributed by atoms with van der Waals surface area (Å²) in [5.41, 5.74) is 10.8. The minimum atomic E-state index is -1.01. The number of anilines is 1. The molecular formula is C10H16N4O5. The number of nitrogens with two attached hydrogens (primary N) is 2. The van der Waals surface area contributed by atoms with Crippen molar-refractivity contribution in [1.82, 2.24) is 9.55 Å². The molecule has 19 heavy (non-hydrogen) atoms. The molecule has 4 atom stereocenters. The Morgan fingerprint density at radius 1 is 1.68 bits per heavy atom. The van der Waals surface area contributed by atoms with Crippen molar-refractivity contribution < 1.29 is 24.5 Å². The van der Waals surface area contributed by atoms with Crippen molar-refractivity contribution >= 4 is 11.7 Å². The van der Waals surface area contributed by atoms with E-state index in [1.807, 2.05) is 0 Å². The van der Waals surface area contributed by atoms with E-state index in [4.69, 9.17) is 26.0 Å². The van der Waals surface area contributed by atoms with E-state index in [1.54, 1.807) is 0 Å². The SMILES string of the molecule is CO[C@H]1C(n2cnc(C(N)=O)c2N)O[C@H](CO)[C@H]1O. The summed E-state index contributed by atoms with van der Waals surface area (Å²) in [7, 11) is 1.39. The normalized spacial score (nSPS) is 30.7. The number of hydrogen-bond acceptors (Lipinski definition) is 7. The standard InChI is InChI=1S/C10H16N4O5/c1-18-7-6(16)4(2-15)19-10(7)14-3-13-5(8(14)11)9(12)17/h3-4,6-7,10,15-16H,2,11H2,1H3,(H2,12,17)/t4-,6-,7-,10?/m1/s1. The van der Waals surface area contributed by atoms with Crippen LogP contribution in [0.1, 0.15) is 16.7 Å². The summed E-state index contributed by atoms with van der Waals surface area (Å²) < 4.78 is 11.9. The fourth-order valence-electron chi connectivity index (χ4n) is 2.11. The largest absolute Gasteiger partial charge is 0.394 e. The van der Waals surface area contributed by atoms with E-state index in [0.29, 0.717) is 0 Å². The quantitative estimate of drug-likeness (QED) is 0.487. The number of rotatable bonds is 4. The number of methoxy groups -OCH3 is 1. The van der Waals surface area contributed by atoms with E-state index >= 15 is 0 Å². The van der Waals surface area contributed by atoms with E-state index in [2.05, 4.69) is 4.98 Å². The Kier molecular flexibility index (Phi) is 3.71. The second kappa shape index (κ2) is 5.13. The second-order valence-electron chi connectivity index (χ2n) is 4.19. The highest BCUT2D eigenvalue weighted by molar-refractivity contribution is 5.95. The first-order chi connectivity index (χ1) is 9.01. The Bertz CT molecular complexity index is 476. The van der Waals surface area contributed by atoms with Crippen molar-refractivity contribution in [3.05, 3.63) is 12.0 Å². The molecule has 1 fully saturated rings. The molecule has 0 radical (unpaired) electrons. The van der Waals surface area contributed by atoms with Gasteiger partial charge in [-0.25, -0.2) is 4.98 Å². The van der Waals surface area contributed by atoms with Crippen LogP contribution in [0.2, 0.25) is 0 Å². The molecule has 0 saturated carbocycles. The summed E-state index contributed by atoms with van der Waals surface area (Å²) in [5.74, 6) is -0.743. The molecule has 1 unspecified atom stereocenters. The molecule has 9 heteroatoms. The molecule has 1 aromatic heterocycles. The van der Waals surface area contributed by atoms with Crippen molar-refractivity contribution in [2.45, 2.75) is 24.5 Å². The maximum Gasteiger partial charge on any atom is 0.271 e. The monoisotopic (exact) mass is 272 g/mol. The van der Waals surface area contributed by atoms with Crippen molar-refractivity contribution in [3.8, 4) is 0 Å². The van der Waals surface area contributed by atoms with Gasteiger partial charge in [-0.15, -0.1) is 0 Å². The Labute approximate surface area is 108 Å². The number of amides is 1. The van der Waals surface area contributed by atoms with Gasteiger partial charge in [-0.3, -0.25) is 9.36 Å². The van der Waals surface area contributed by atoms with E-state index in [9.17, 15) is 9.90 Å². The van der Waals surface area contributed by atoms with Crippen LogP contribution < -0.4 is 11.5 Å². The summed E-state index contributed by atoms with van der Waals surface area (Å²) in [6.45, 7) is -0.366. The number of primary amides is 1. The molecule has 9 nitrogen and oxygen atoms in total. The van der Waals surface area contributed by atoms with Crippen LogP contribution in [0.15, 0.2) is 6.33 Å². The third kappa shape index (κ3) is 2.16. The number of aliphatic hydroxyl groups is 2. The van der Waals surface area contributed by atoms with Crippen LogP contribution in [-0.2, 0) is 9.47 Å². The number of imidazole rings is 1. The van der Waals surface area contributed by atoms with Crippen LogP contribution in [0, 0.1) is 0 Å². The lowest BCUT2D eigenvalue weighted by molar-refractivity contribution is -0.0590. The van der Waals surface area contributed by atoms with Crippen LogP contribution >= 0.6 is 0 Å². The lowest BCUT2D eigenvalue weighted by Gasteiger charge is -2.20. The van der Waals surface area contributed by atoms with Crippen LogP contribution in [0.5, 0.6) is 0 Å². The smallest absolute Gasteiger partial charge is 0.271 e. The molecule has 2 rings (SSSR count). The molecule has 1 amide bonds. The molecule has 2 heterocycles. The number of hydrogen-bond donors (Lipinski definition) is 4. The fourth-order valence-corrected chi connectivity index (χ4v) is 2.11. The number of aliphatic hydroxyl groups excluding tert-OH is 2. The van der Waals surface area contributed by atoms with Crippen molar-refractivity contribution in [2.75, 3.05) is 19.5 Å². The average molecular weight is 272 g/mol. The highest BCUT2D eigenvalue weighted by Crippen LogP contribution is 2.33. The maximum atomic E-state index is 11.1. The lowest BCUT2D eigenvalue weighted by atomic mass is 10.1. The van der Waals surface area contributed by atoms with Crippen LogP contribution in [0.25, 0.3) is 0 Å². The van der Waals surface area contributed by atoms with Gasteiger partial charge in [-0.05, 0) is 0 Å². The first kappa shape index (κ1) is 13.7. The highest BCUT2D eigenvalue weighted by Gasteiger charge is 2.45. The molecular weight excluding hydrogens is 256 g/mol. The molecule has 0 aromatic carbocycles. The number of carbonyl (C=O) groups is 1. The van der Waals surface area contributed by atoms with Gasteiger partial charge in [0.2, 0.25) is 0 Å². The Balaban J connectivity index is 2.33. The van der Waals surface area contributed by atoms with Gasteiger partial charge in [-0.2, -0.15) is 0 Å². The molecule has 1 saturated heterocycles. The maximum absolute atomic E-state index is 11.1. The fraction of sp³-hybridized carbons (Fsp3) is 0.600. The van der Waals surface area contributed by atoms with E-state index in [0.717, 1.165) is 0 Å². The Morgan fingerprint density at radius 2 is 2.37 bits per heavy atom. The number of nitrogens with zero attached hydrogens (tertiary/aromatic N) is 2. The predicted molar refractivity (Wildman–Crippen MR) is 63.0 cm³/mol. The molecule has 6 N–H and O–H groups in total. The predicted octanol–water partition coefficient (Wildman–Crippen LogP) is -2.17. The minimum absolute atomic E-state index is 0.0188. The van der Waals surface area contributed by atoms with Gasteiger partial charge >= 0.3 is 0 Å². The van der Waals surface area contributed by atoms with Gasteiger partial charge < -0.3 is 31.2 Å². The van der Waals surface area contributed by atoms with Crippen molar-refractivity contribution in [2.24, 2.45) is 5.73 Å². The lowest BCUT2D eigenvalue weighted by Crippen LogP contribution is -2.34. The summed E-state index contributed by atoms with van der Waals surface area (Å²) >= 11 is 0. The minimum Gasteiger partial charge on any atom is -0.394 e. The summed E-state index contributed by atoms with van der Waals surface area (Å²) in [6, 6.07) is 0. The van der Waals surface area contributed by atoms with Gasteiger partial charge in [0, 0.05) is 7.11 Å². The second-order valence-corrected chi connectivity index (χ2v) is 4.19. The van der Waals surface area contributed by atoms with Gasteiger partial charge in [0.15, 0.2) is 11.9 Å². The zero-order chi connectivity index (χ0) is 14.2. The molecule has 1 aromatic rings. The first-order valence-corrected chi connectivity index (χ1v) is 5.60. The van der Waals surface area contributed by atoms with E-state index < -0.39 is 30.4 Å². The van der Waals surface area contributed by atoms with Crippen LogP contribution in [-0.4, -0.2) is 57.7 Å². The number of carbonyl (C=O) groups excluding carboxylic acids is 1. The average Bonchev–Trinajstić information content (AvgIpc) is 2.89. The first-order valence-electron chi connectivity index (χ1n) is 5.60. The molecule has 1 aliphatic rings. The van der Waals surface area contributed by atoms with E-state index in [1.165, 1.54) is 18.0 Å². The summed E-state index contributed by atoms with van der Waals surface area (Å²) in [6.07, 6.45) is -2.07. The van der Waals surface area contributed by atoms with Gasteiger partial charge in [0.05, 0.1) is 12.9 Å². The molecule has 0 spiro atoms. The summed E-state index contributed by atoms with van der Waals surface area (Å²) in [4.78, 5) is 14.9. The van der Waals surface area contributed by atoms with Crippen LogP contribution in [0.3, 0.4) is 0 Å². The molecule has 106 valence electrons. The van der Waals surface area contributed by atoms with E-state index in [-0.39, 0.29) is 18.1 Å². The molecule has 0 bridgehead atoms. The third-order valence-electron chi connectivity index (χ3n) is 3.10. The Morgan fingerprint density at radius 3 is 2.84 bits per heavy atom. The topological polar surface area (TPSA) is 146 Å². The van der Waals surface area contributed by atoms with Gasteiger partial charge in [-0.1, -0.05) is 0 Å². The summed E-state index contributed by atoms with van der Waals surface area (Å²) in [5, 5.41) is 19.0. The van der Waals surface area contributed by atoms with Gasteiger partial charge in [0.25, 0.3) is 5.91 Å².